The number of benzene rings is 9. The van der Waals surface area contributed by atoms with Gasteiger partial charge in [0.25, 0.3) is 0 Å². The highest BCUT2D eigenvalue weighted by molar-refractivity contribution is 6.22. The van der Waals surface area contributed by atoms with Crippen LogP contribution in [-0.2, 0) is 0 Å². The molecule has 0 aliphatic carbocycles. The van der Waals surface area contributed by atoms with Crippen LogP contribution < -0.4 is 0 Å². The van der Waals surface area contributed by atoms with E-state index in [-0.39, 0.29) is 0 Å². The number of para-hydroxylation sites is 2. The van der Waals surface area contributed by atoms with Gasteiger partial charge in [0.2, 0.25) is 0 Å². The molecule has 0 radical (unpaired) electrons. The van der Waals surface area contributed by atoms with Gasteiger partial charge in [-0.1, -0.05) is 158 Å². The van der Waals surface area contributed by atoms with Gasteiger partial charge >= 0.3 is 0 Å². The first-order valence-electron chi connectivity index (χ1n) is 17.5. The number of imidazole rings is 1. The molecule has 2 heteroatoms. The van der Waals surface area contributed by atoms with Gasteiger partial charge in [0.15, 0.2) is 0 Å². The molecule has 0 bridgehead atoms. The summed E-state index contributed by atoms with van der Waals surface area (Å²) in [6, 6.07) is 70.0. The van der Waals surface area contributed by atoms with E-state index in [9.17, 15) is 0 Å². The SMILES string of the molecule is c1ccc(-c2c3ccc(-n4c(-c5ccccc5)nc5ccccc54)cc3c(-c3ccccc3)c3ccc(-c4ccc5ccccc5c4)cc23)cc1. The molecular formula is C49H32N2. The van der Waals surface area contributed by atoms with E-state index in [1.165, 1.54) is 65.7 Å². The molecule has 1 heterocycles. The molecule has 0 amide bonds. The molecule has 0 saturated heterocycles. The number of hydrogen-bond acceptors (Lipinski definition) is 1. The second-order valence-corrected chi connectivity index (χ2v) is 13.2. The Morgan fingerprint density at radius 3 is 1.57 bits per heavy atom. The van der Waals surface area contributed by atoms with Crippen LogP contribution in [0, 0.1) is 0 Å². The van der Waals surface area contributed by atoms with Crippen LogP contribution in [0.3, 0.4) is 0 Å². The summed E-state index contributed by atoms with van der Waals surface area (Å²) in [5.41, 5.74) is 11.5. The van der Waals surface area contributed by atoms with E-state index in [1.807, 2.05) is 0 Å². The molecule has 0 fully saturated rings. The summed E-state index contributed by atoms with van der Waals surface area (Å²) in [6.07, 6.45) is 0. The Labute approximate surface area is 296 Å². The molecule has 0 atom stereocenters. The van der Waals surface area contributed by atoms with Crippen LogP contribution in [0.5, 0.6) is 0 Å². The third-order valence-corrected chi connectivity index (χ3v) is 10.2. The van der Waals surface area contributed by atoms with Crippen LogP contribution in [0.2, 0.25) is 0 Å². The van der Waals surface area contributed by atoms with Gasteiger partial charge in [0.05, 0.1) is 11.0 Å². The van der Waals surface area contributed by atoms with Crippen molar-refractivity contribution in [1.82, 2.24) is 9.55 Å². The van der Waals surface area contributed by atoms with Gasteiger partial charge < -0.3 is 0 Å². The molecule has 10 aromatic rings. The molecule has 0 N–H and O–H groups in total. The molecule has 0 aliphatic rings. The van der Waals surface area contributed by atoms with Crippen molar-refractivity contribution in [3.8, 4) is 50.5 Å². The van der Waals surface area contributed by atoms with Crippen molar-refractivity contribution in [2.75, 3.05) is 0 Å². The van der Waals surface area contributed by atoms with Crippen molar-refractivity contribution in [2.45, 2.75) is 0 Å². The molecular weight excluding hydrogens is 617 g/mol. The number of hydrogen-bond donors (Lipinski definition) is 0. The Hall–Kier alpha value is -6.77. The lowest BCUT2D eigenvalue weighted by Gasteiger charge is -2.20. The van der Waals surface area contributed by atoms with Crippen LogP contribution >= 0.6 is 0 Å². The van der Waals surface area contributed by atoms with Gasteiger partial charge in [0, 0.05) is 11.3 Å². The molecule has 1 aromatic heterocycles. The zero-order valence-electron chi connectivity index (χ0n) is 27.9. The van der Waals surface area contributed by atoms with E-state index < -0.39 is 0 Å². The number of nitrogens with zero attached hydrogens (tertiary/aromatic N) is 2. The highest BCUT2D eigenvalue weighted by Crippen LogP contribution is 2.46. The summed E-state index contributed by atoms with van der Waals surface area (Å²) >= 11 is 0. The summed E-state index contributed by atoms with van der Waals surface area (Å²) < 4.78 is 2.31. The van der Waals surface area contributed by atoms with Crippen molar-refractivity contribution in [1.29, 1.82) is 0 Å². The Morgan fingerprint density at radius 2 is 0.863 bits per heavy atom. The molecule has 0 unspecified atom stereocenters. The Balaban J connectivity index is 1.31. The normalized spacial score (nSPS) is 11.5. The Kier molecular flexibility index (Phi) is 6.85. The standard InChI is InChI=1S/C49H32N2/c1-4-15-34(16-5-1)47-42-29-27-40(51-46-23-13-12-22-45(46)50-49(51)36-19-8-3-9-20-36)32-44(42)48(35-17-6-2-7-18-35)41-28-26-39(31-43(41)47)38-25-24-33-14-10-11-21-37(33)30-38/h1-32H. The van der Waals surface area contributed by atoms with Crippen LogP contribution in [0.4, 0.5) is 0 Å². The van der Waals surface area contributed by atoms with E-state index in [4.69, 9.17) is 4.98 Å². The predicted molar refractivity (Wildman–Crippen MR) is 215 cm³/mol. The van der Waals surface area contributed by atoms with Crippen LogP contribution in [0.1, 0.15) is 0 Å². The summed E-state index contributed by atoms with van der Waals surface area (Å²) in [5, 5.41) is 7.40. The fraction of sp³-hybridized carbons (Fsp3) is 0. The van der Waals surface area contributed by atoms with Gasteiger partial charge in [0.1, 0.15) is 5.82 Å². The van der Waals surface area contributed by atoms with Gasteiger partial charge in [-0.3, -0.25) is 4.57 Å². The van der Waals surface area contributed by atoms with Crippen molar-refractivity contribution in [3.05, 3.63) is 194 Å². The minimum atomic E-state index is 0.932. The average Bonchev–Trinajstić information content (AvgIpc) is 3.60. The molecule has 0 saturated carbocycles. The van der Waals surface area contributed by atoms with Crippen molar-refractivity contribution >= 4 is 43.4 Å². The zero-order chi connectivity index (χ0) is 33.7. The van der Waals surface area contributed by atoms with Gasteiger partial charge in [-0.2, -0.15) is 0 Å². The maximum absolute atomic E-state index is 5.16. The van der Waals surface area contributed by atoms with Gasteiger partial charge in [-0.25, -0.2) is 4.98 Å². The lowest BCUT2D eigenvalue weighted by molar-refractivity contribution is 1.11. The van der Waals surface area contributed by atoms with Crippen LogP contribution in [0.25, 0.3) is 93.8 Å². The topological polar surface area (TPSA) is 17.8 Å². The summed E-state index contributed by atoms with van der Waals surface area (Å²) in [5.74, 6) is 0.932. The number of rotatable bonds is 5. The molecule has 0 spiro atoms. The maximum atomic E-state index is 5.16. The molecule has 51 heavy (non-hydrogen) atoms. The third kappa shape index (κ3) is 4.92. The lowest BCUT2D eigenvalue weighted by Crippen LogP contribution is -1.99. The summed E-state index contributed by atoms with van der Waals surface area (Å²) in [4.78, 5) is 5.16. The second kappa shape index (κ2) is 12.0. The molecule has 9 aromatic carbocycles. The third-order valence-electron chi connectivity index (χ3n) is 10.2. The zero-order valence-corrected chi connectivity index (χ0v) is 27.9. The smallest absolute Gasteiger partial charge is 0.145 e. The highest BCUT2D eigenvalue weighted by atomic mass is 15.1. The van der Waals surface area contributed by atoms with Crippen LogP contribution in [0.15, 0.2) is 194 Å². The fourth-order valence-corrected chi connectivity index (χ4v) is 7.80. The molecule has 10 rings (SSSR count). The van der Waals surface area contributed by atoms with Crippen LogP contribution in [-0.4, -0.2) is 9.55 Å². The monoisotopic (exact) mass is 648 g/mol. The van der Waals surface area contributed by atoms with E-state index >= 15 is 0 Å². The summed E-state index contributed by atoms with van der Waals surface area (Å²) in [7, 11) is 0. The van der Waals surface area contributed by atoms with E-state index in [2.05, 4.69) is 199 Å². The van der Waals surface area contributed by atoms with Gasteiger partial charge in [-0.15, -0.1) is 0 Å². The first-order chi connectivity index (χ1) is 25.3. The van der Waals surface area contributed by atoms with E-state index in [1.54, 1.807) is 0 Å². The Bertz CT molecular complexity index is 2890. The number of aromatic nitrogens is 2. The van der Waals surface area contributed by atoms with Crippen molar-refractivity contribution in [2.24, 2.45) is 0 Å². The first kappa shape index (κ1) is 29.2. The van der Waals surface area contributed by atoms with E-state index in [0.717, 1.165) is 28.1 Å². The number of fused-ring (bicyclic) bond motifs is 4. The largest absolute Gasteiger partial charge is 0.292 e. The summed E-state index contributed by atoms with van der Waals surface area (Å²) in [6.45, 7) is 0. The molecule has 2 nitrogen and oxygen atoms in total. The fourth-order valence-electron chi connectivity index (χ4n) is 7.80. The second-order valence-electron chi connectivity index (χ2n) is 13.2. The average molecular weight is 649 g/mol. The van der Waals surface area contributed by atoms with Crippen molar-refractivity contribution in [3.63, 3.8) is 0 Å². The van der Waals surface area contributed by atoms with Crippen molar-refractivity contribution < 1.29 is 0 Å². The first-order valence-corrected chi connectivity index (χ1v) is 17.5. The quantitative estimate of drug-likeness (QED) is 0.170. The lowest BCUT2D eigenvalue weighted by atomic mass is 9.84. The Morgan fingerprint density at radius 1 is 0.333 bits per heavy atom. The van der Waals surface area contributed by atoms with Gasteiger partial charge in [-0.05, 0) is 102 Å². The molecule has 238 valence electrons. The minimum Gasteiger partial charge on any atom is -0.292 e. The predicted octanol–water partition coefficient (Wildman–Crippen LogP) is 13.2. The van der Waals surface area contributed by atoms with E-state index in [0.29, 0.717) is 0 Å². The minimum absolute atomic E-state index is 0.932. The highest BCUT2D eigenvalue weighted by Gasteiger charge is 2.20. The maximum Gasteiger partial charge on any atom is 0.145 e. The molecule has 0 aliphatic heterocycles.